The summed E-state index contributed by atoms with van der Waals surface area (Å²) in [4.78, 5) is 11.2. The SMILES string of the molecule is O=C(NCC1(CO)CCCCC1)OCCO. The number of hydrogen-bond donors (Lipinski definition) is 3. The summed E-state index contributed by atoms with van der Waals surface area (Å²) < 4.78 is 4.69. The highest BCUT2D eigenvalue weighted by Crippen LogP contribution is 2.35. The van der Waals surface area contributed by atoms with Crippen molar-refractivity contribution < 1.29 is 19.7 Å². The largest absolute Gasteiger partial charge is 0.447 e. The number of nitrogens with one attached hydrogen (secondary N) is 1. The molecule has 0 spiro atoms. The van der Waals surface area contributed by atoms with E-state index in [1.807, 2.05) is 0 Å². The lowest BCUT2D eigenvalue weighted by Crippen LogP contribution is -2.41. The Kier molecular flexibility index (Phi) is 5.55. The molecule has 1 aliphatic rings. The zero-order valence-corrected chi connectivity index (χ0v) is 9.57. The van der Waals surface area contributed by atoms with Crippen LogP contribution in [0.2, 0.25) is 0 Å². The Morgan fingerprint density at radius 1 is 1.25 bits per heavy atom. The van der Waals surface area contributed by atoms with Gasteiger partial charge in [0.1, 0.15) is 6.61 Å². The third-order valence-electron chi connectivity index (χ3n) is 3.18. The van der Waals surface area contributed by atoms with Gasteiger partial charge in [0.2, 0.25) is 0 Å². The predicted molar refractivity (Wildman–Crippen MR) is 59.0 cm³/mol. The molecule has 0 saturated heterocycles. The highest BCUT2D eigenvalue weighted by Gasteiger charge is 2.31. The molecule has 0 aliphatic heterocycles. The number of ether oxygens (including phenoxy) is 1. The second-order valence-corrected chi connectivity index (χ2v) is 4.43. The highest BCUT2D eigenvalue weighted by molar-refractivity contribution is 5.67. The van der Waals surface area contributed by atoms with Crippen molar-refractivity contribution in [2.45, 2.75) is 32.1 Å². The van der Waals surface area contributed by atoms with Crippen LogP contribution >= 0.6 is 0 Å². The Hall–Kier alpha value is -0.810. The van der Waals surface area contributed by atoms with Crippen LogP contribution in [0.5, 0.6) is 0 Å². The molecule has 0 aromatic rings. The lowest BCUT2D eigenvalue weighted by atomic mass is 9.74. The molecule has 94 valence electrons. The standard InChI is InChI=1S/C11H21NO4/c13-6-7-16-10(15)12-8-11(9-14)4-2-1-3-5-11/h13-14H,1-9H2,(H,12,15). The molecule has 1 fully saturated rings. The molecule has 1 amide bonds. The van der Waals surface area contributed by atoms with Crippen LogP contribution in [0.15, 0.2) is 0 Å². The zero-order valence-electron chi connectivity index (χ0n) is 9.57. The monoisotopic (exact) mass is 231 g/mol. The molecule has 0 radical (unpaired) electrons. The lowest BCUT2D eigenvalue weighted by molar-refractivity contribution is 0.0733. The van der Waals surface area contributed by atoms with Gasteiger partial charge in [-0.15, -0.1) is 0 Å². The predicted octanol–water partition coefficient (Wildman–Crippen LogP) is 0.648. The first-order chi connectivity index (χ1) is 7.72. The van der Waals surface area contributed by atoms with E-state index in [4.69, 9.17) is 9.84 Å². The van der Waals surface area contributed by atoms with E-state index >= 15 is 0 Å². The van der Waals surface area contributed by atoms with Crippen molar-refractivity contribution in [3.8, 4) is 0 Å². The van der Waals surface area contributed by atoms with Crippen LogP contribution in [-0.2, 0) is 4.74 Å². The quantitative estimate of drug-likeness (QED) is 0.649. The maximum absolute atomic E-state index is 11.2. The number of amides is 1. The van der Waals surface area contributed by atoms with Crippen molar-refractivity contribution in [2.75, 3.05) is 26.4 Å². The molecular weight excluding hydrogens is 210 g/mol. The van der Waals surface area contributed by atoms with E-state index in [0.717, 1.165) is 25.7 Å². The summed E-state index contributed by atoms with van der Waals surface area (Å²) in [5.74, 6) is 0. The first kappa shape index (κ1) is 13.3. The number of carbonyl (C=O) groups is 1. The van der Waals surface area contributed by atoms with Gasteiger partial charge in [-0.3, -0.25) is 0 Å². The summed E-state index contributed by atoms with van der Waals surface area (Å²) in [6.45, 7) is 0.400. The van der Waals surface area contributed by atoms with Gasteiger partial charge in [0.05, 0.1) is 13.2 Å². The van der Waals surface area contributed by atoms with E-state index in [2.05, 4.69) is 5.32 Å². The van der Waals surface area contributed by atoms with Crippen molar-refractivity contribution in [1.29, 1.82) is 0 Å². The van der Waals surface area contributed by atoms with Gasteiger partial charge in [-0.05, 0) is 12.8 Å². The Balaban J connectivity index is 2.30. The molecule has 5 nitrogen and oxygen atoms in total. The zero-order chi connectivity index (χ0) is 11.9. The van der Waals surface area contributed by atoms with Gasteiger partial charge in [0.15, 0.2) is 0 Å². The molecule has 0 unspecified atom stereocenters. The average molecular weight is 231 g/mol. The maximum atomic E-state index is 11.2. The fraction of sp³-hybridized carbons (Fsp3) is 0.909. The molecule has 5 heteroatoms. The van der Waals surface area contributed by atoms with E-state index < -0.39 is 6.09 Å². The van der Waals surface area contributed by atoms with Crippen molar-refractivity contribution in [3.63, 3.8) is 0 Å². The number of hydrogen-bond acceptors (Lipinski definition) is 4. The maximum Gasteiger partial charge on any atom is 0.407 e. The smallest absolute Gasteiger partial charge is 0.407 e. The first-order valence-electron chi connectivity index (χ1n) is 5.85. The molecule has 1 aliphatic carbocycles. The summed E-state index contributed by atoms with van der Waals surface area (Å²) in [7, 11) is 0. The fourth-order valence-electron chi connectivity index (χ4n) is 2.14. The second-order valence-electron chi connectivity index (χ2n) is 4.43. The minimum atomic E-state index is -0.521. The minimum absolute atomic E-state index is 0.0119. The van der Waals surface area contributed by atoms with Gasteiger partial charge < -0.3 is 20.3 Å². The molecule has 1 rings (SSSR count). The van der Waals surface area contributed by atoms with Crippen LogP contribution in [0.3, 0.4) is 0 Å². The lowest BCUT2D eigenvalue weighted by Gasteiger charge is -2.35. The molecule has 0 bridgehead atoms. The molecule has 0 aromatic carbocycles. The normalized spacial score (nSPS) is 19.1. The van der Waals surface area contributed by atoms with E-state index in [-0.39, 0.29) is 25.2 Å². The molecule has 0 atom stereocenters. The van der Waals surface area contributed by atoms with Crippen LogP contribution in [0.1, 0.15) is 32.1 Å². The summed E-state index contributed by atoms with van der Waals surface area (Å²) in [5.41, 5.74) is -0.170. The number of alkyl carbamates (subject to hydrolysis) is 1. The van der Waals surface area contributed by atoms with Gasteiger partial charge >= 0.3 is 6.09 Å². The molecule has 0 heterocycles. The number of carbonyl (C=O) groups excluding carboxylic acids is 1. The van der Waals surface area contributed by atoms with E-state index in [1.54, 1.807) is 0 Å². The van der Waals surface area contributed by atoms with Crippen LogP contribution in [0, 0.1) is 5.41 Å². The molecule has 0 aromatic heterocycles. The van der Waals surface area contributed by atoms with E-state index in [1.165, 1.54) is 6.42 Å². The Labute approximate surface area is 95.8 Å². The third kappa shape index (κ3) is 3.98. The van der Waals surface area contributed by atoms with Gasteiger partial charge in [-0.1, -0.05) is 19.3 Å². The number of aliphatic hydroxyl groups is 2. The Morgan fingerprint density at radius 3 is 2.50 bits per heavy atom. The summed E-state index contributed by atoms with van der Waals surface area (Å²) in [6.07, 6.45) is 4.79. The van der Waals surface area contributed by atoms with Crippen molar-refractivity contribution in [1.82, 2.24) is 5.32 Å². The number of rotatable bonds is 5. The van der Waals surface area contributed by atoms with Crippen molar-refractivity contribution in [2.24, 2.45) is 5.41 Å². The summed E-state index contributed by atoms with van der Waals surface area (Å²) in [6, 6.07) is 0. The fourth-order valence-corrected chi connectivity index (χ4v) is 2.14. The van der Waals surface area contributed by atoms with Gasteiger partial charge in [0.25, 0.3) is 0 Å². The van der Waals surface area contributed by atoms with Crippen molar-refractivity contribution >= 4 is 6.09 Å². The topological polar surface area (TPSA) is 78.8 Å². The van der Waals surface area contributed by atoms with E-state index in [9.17, 15) is 9.90 Å². The van der Waals surface area contributed by atoms with Crippen LogP contribution < -0.4 is 5.32 Å². The van der Waals surface area contributed by atoms with Gasteiger partial charge in [-0.25, -0.2) is 4.79 Å². The Bertz CT molecular complexity index is 214. The van der Waals surface area contributed by atoms with Gasteiger partial charge in [0, 0.05) is 12.0 Å². The Morgan fingerprint density at radius 2 is 1.94 bits per heavy atom. The summed E-state index contributed by atoms with van der Waals surface area (Å²) in [5, 5.41) is 20.5. The third-order valence-corrected chi connectivity index (χ3v) is 3.18. The first-order valence-corrected chi connectivity index (χ1v) is 5.85. The highest BCUT2D eigenvalue weighted by atomic mass is 16.6. The molecule has 16 heavy (non-hydrogen) atoms. The minimum Gasteiger partial charge on any atom is -0.447 e. The van der Waals surface area contributed by atoms with Crippen LogP contribution in [-0.4, -0.2) is 42.7 Å². The summed E-state index contributed by atoms with van der Waals surface area (Å²) >= 11 is 0. The van der Waals surface area contributed by atoms with E-state index in [0.29, 0.717) is 6.54 Å². The van der Waals surface area contributed by atoms with Gasteiger partial charge in [-0.2, -0.15) is 0 Å². The molecule has 1 saturated carbocycles. The number of aliphatic hydroxyl groups excluding tert-OH is 2. The molecular formula is C11H21NO4. The van der Waals surface area contributed by atoms with Crippen LogP contribution in [0.4, 0.5) is 4.79 Å². The average Bonchev–Trinajstić information content (AvgIpc) is 2.35. The molecule has 3 N–H and O–H groups in total. The second kappa shape index (κ2) is 6.70. The van der Waals surface area contributed by atoms with Crippen molar-refractivity contribution in [3.05, 3.63) is 0 Å². The van der Waals surface area contributed by atoms with Crippen LogP contribution in [0.25, 0.3) is 0 Å².